The molecule has 0 N–H and O–H groups in total. The molecule has 5 heteroatoms. The number of piperidine rings is 1. The van der Waals surface area contributed by atoms with E-state index in [1.54, 1.807) is 17.9 Å². The number of hydrogen-bond donors (Lipinski definition) is 0. The predicted octanol–water partition coefficient (Wildman–Crippen LogP) is 2.64. The van der Waals surface area contributed by atoms with Crippen molar-refractivity contribution in [3.8, 4) is 0 Å². The van der Waals surface area contributed by atoms with E-state index in [1.807, 2.05) is 18.2 Å². The Bertz CT molecular complexity index is 496. The van der Waals surface area contributed by atoms with Crippen LogP contribution in [0.2, 0.25) is 5.02 Å². The van der Waals surface area contributed by atoms with E-state index in [0.29, 0.717) is 31.0 Å². The van der Waals surface area contributed by atoms with Crippen LogP contribution in [0.4, 0.5) is 0 Å². The first-order valence-corrected chi connectivity index (χ1v) is 7.11. The van der Waals surface area contributed by atoms with Crippen LogP contribution in [0.5, 0.6) is 0 Å². The topological polar surface area (TPSA) is 46.6 Å². The number of amides is 1. The Kier molecular flexibility index (Phi) is 5.01. The minimum atomic E-state index is -0.201. The third kappa shape index (κ3) is 3.73. The molecule has 108 valence electrons. The number of nitrogens with zero attached hydrogens (tertiary/aromatic N) is 1. The number of benzene rings is 1. The van der Waals surface area contributed by atoms with E-state index in [-0.39, 0.29) is 24.4 Å². The maximum Gasteiger partial charge on any atom is 0.309 e. The third-order valence-electron chi connectivity index (χ3n) is 3.60. The molecule has 20 heavy (non-hydrogen) atoms. The average molecular weight is 296 g/mol. The molecule has 0 bridgehead atoms. The molecule has 0 saturated carbocycles. The quantitative estimate of drug-likeness (QED) is 0.805. The molecule has 1 amide bonds. The summed E-state index contributed by atoms with van der Waals surface area (Å²) >= 11 is 6.01. The maximum atomic E-state index is 12.0. The fourth-order valence-corrected chi connectivity index (χ4v) is 2.50. The zero-order chi connectivity index (χ0) is 14.5. The molecule has 0 atom stereocenters. The molecular weight excluding hydrogens is 278 g/mol. The van der Waals surface area contributed by atoms with Gasteiger partial charge in [0.2, 0.25) is 5.91 Å². The summed E-state index contributed by atoms with van der Waals surface area (Å²) in [5, 5.41) is 0.603. The van der Waals surface area contributed by atoms with Gasteiger partial charge < -0.3 is 9.64 Å². The van der Waals surface area contributed by atoms with Gasteiger partial charge in [-0.1, -0.05) is 29.8 Å². The number of ether oxygens (including phenoxy) is 1. The molecule has 2 rings (SSSR count). The van der Waals surface area contributed by atoms with Crippen LogP contribution in [0.25, 0.3) is 0 Å². The highest BCUT2D eigenvalue weighted by molar-refractivity contribution is 6.31. The molecule has 0 radical (unpaired) electrons. The van der Waals surface area contributed by atoms with E-state index < -0.39 is 0 Å². The Morgan fingerprint density at radius 3 is 2.55 bits per heavy atom. The second-order valence-electron chi connectivity index (χ2n) is 4.98. The van der Waals surface area contributed by atoms with E-state index in [0.717, 1.165) is 5.56 Å². The van der Waals surface area contributed by atoms with Crippen LogP contribution in [0, 0.1) is 5.92 Å². The molecule has 1 fully saturated rings. The lowest BCUT2D eigenvalue weighted by Gasteiger charge is -2.30. The number of carbonyl (C=O) groups is 2. The first-order chi connectivity index (χ1) is 9.58. The second-order valence-corrected chi connectivity index (χ2v) is 5.39. The fourth-order valence-electron chi connectivity index (χ4n) is 2.31. The lowest BCUT2D eigenvalue weighted by Crippen LogP contribution is -2.39. The maximum absolute atomic E-state index is 12.0. The largest absolute Gasteiger partial charge is 0.461 e. The van der Waals surface area contributed by atoms with E-state index >= 15 is 0 Å². The number of likely N-dealkylation sites (tertiary alicyclic amines) is 1. The molecule has 1 aliphatic rings. The smallest absolute Gasteiger partial charge is 0.309 e. The molecule has 0 spiro atoms. The van der Waals surface area contributed by atoms with Gasteiger partial charge in [-0.3, -0.25) is 9.59 Å². The van der Waals surface area contributed by atoms with Gasteiger partial charge in [-0.15, -0.1) is 0 Å². The van der Waals surface area contributed by atoms with Crippen molar-refractivity contribution < 1.29 is 14.3 Å². The van der Waals surface area contributed by atoms with Gasteiger partial charge in [0.05, 0.1) is 5.92 Å². The van der Waals surface area contributed by atoms with E-state index in [4.69, 9.17) is 16.3 Å². The zero-order valence-corrected chi connectivity index (χ0v) is 12.2. The summed E-state index contributed by atoms with van der Waals surface area (Å²) in [7, 11) is 0. The highest BCUT2D eigenvalue weighted by Gasteiger charge is 2.27. The van der Waals surface area contributed by atoms with Crippen molar-refractivity contribution in [2.75, 3.05) is 13.1 Å². The molecule has 0 unspecified atom stereocenters. The van der Waals surface area contributed by atoms with Crippen molar-refractivity contribution in [3.05, 3.63) is 34.9 Å². The summed E-state index contributed by atoms with van der Waals surface area (Å²) < 4.78 is 5.32. The van der Waals surface area contributed by atoms with Gasteiger partial charge in [0.15, 0.2) is 0 Å². The van der Waals surface area contributed by atoms with Crippen molar-refractivity contribution in [2.24, 2.45) is 5.92 Å². The van der Waals surface area contributed by atoms with Gasteiger partial charge in [0.25, 0.3) is 0 Å². The Morgan fingerprint density at radius 1 is 1.30 bits per heavy atom. The number of esters is 1. The highest BCUT2D eigenvalue weighted by Crippen LogP contribution is 2.21. The molecule has 1 aliphatic heterocycles. The number of carbonyl (C=O) groups excluding carboxylic acids is 2. The van der Waals surface area contributed by atoms with Crippen LogP contribution in [0.3, 0.4) is 0 Å². The lowest BCUT2D eigenvalue weighted by atomic mass is 9.97. The molecule has 1 heterocycles. The monoisotopic (exact) mass is 295 g/mol. The highest BCUT2D eigenvalue weighted by atomic mass is 35.5. The van der Waals surface area contributed by atoms with Crippen molar-refractivity contribution in [1.82, 2.24) is 4.90 Å². The molecule has 1 aromatic rings. The van der Waals surface area contributed by atoms with Crippen LogP contribution < -0.4 is 0 Å². The summed E-state index contributed by atoms with van der Waals surface area (Å²) in [5.41, 5.74) is 0.809. The summed E-state index contributed by atoms with van der Waals surface area (Å²) in [6.07, 6.45) is 1.34. The van der Waals surface area contributed by atoms with E-state index in [1.165, 1.54) is 0 Å². The Labute approximate surface area is 123 Å². The second kappa shape index (κ2) is 6.75. The summed E-state index contributed by atoms with van der Waals surface area (Å²) in [5.74, 6) is -0.255. The predicted molar refractivity (Wildman–Crippen MR) is 76.2 cm³/mol. The molecular formula is C15H18ClNO3. The molecule has 0 aliphatic carbocycles. The van der Waals surface area contributed by atoms with Gasteiger partial charge in [-0.2, -0.15) is 0 Å². The van der Waals surface area contributed by atoms with Gasteiger partial charge in [-0.25, -0.2) is 0 Å². The van der Waals surface area contributed by atoms with Gasteiger partial charge >= 0.3 is 5.97 Å². The molecule has 0 aromatic heterocycles. The van der Waals surface area contributed by atoms with Crippen LogP contribution >= 0.6 is 11.6 Å². The van der Waals surface area contributed by atoms with Crippen LogP contribution in [0.1, 0.15) is 25.3 Å². The standard InChI is InChI=1S/C15H18ClNO3/c1-11(18)17-8-6-12(7-9-17)15(19)20-10-13-4-2-3-5-14(13)16/h2-5,12H,6-10H2,1H3. The Hall–Kier alpha value is -1.55. The molecule has 1 saturated heterocycles. The number of hydrogen-bond acceptors (Lipinski definition) is 3. The van der Waals surface area contributed by atoms with Gasteiger partial charge in [0, 0.05) is 30.6 Å². The zero-order valence-electron chi connectivity index (χ0n) is 11.5. The third-order valence-corrected chi connectivity index (χ3v) is 3.97. The van der Waals surface area contributed by atoms with Crippen molar-refractivity contribution in [3.63, 3.8) is 0 Å². The average Bonchev–Trinajstić information content (AvgIpc) is 2.46. The summed E-state index contributed by atoms with van der Waals surface area (Å²) in [6, 6.07) is 7.32. The van der Waals surface area contributed by atoms with Crippen LogP contribution in [-0.2, 0) is 20.9 Å². The SMILES string of the molecule is CC(=O)N1CCC(C(=O)OCc2ccccc2Cl)CC1. The van der Waals surface area contributed by atoms with E-state index in [9.17, 15) is 9.59 Å². The van der Waals surface area contributed by atoms with Crippen molar-refractivity contribution in [2.45, 2.75) is 26.4 Å². The van der Waals surface area contributed by atoms with Crippen molar-refractivity contribution >= 4 is 23.5 Å². The van der Waals surface area contributed by atoms with Gasteiger partial charge in [-0.05, 0) is 18.9 Å². The Balaban J connectivity index is 1.82. The minimum Gasteiger partial charge on any atom is -0.461 e. The summed E-state index contributed by atoms with van der Waals surface area (Å²) in [6.45, 7) is 3.00. The molecule has 4 nitrogen and oxygen atoms in total. The number of rotatable bonds is 3. The minimum absolute atomic E-state index is 0.0629. The van der Waals surface area contributed by atoms with Crippen LogP contribution in [0.15, 0.2) is 24.3 Å². The summed E-state index contributed by atoms with van der Waals surface area (Å²) in [4.78, 5) is 25.0. The van der Waals surface area contributed by atoms with E-state index in [2.05, 4.69) is 0 Å². The fraction of sp³-hybridized carbons (Fsp3) is 0.467. The Morgan fingerprint density at radius 2 is 1.95 bits per heavy atom. The first-order valence-electron chi connectivity index (χ1n) is 6.73. The van der Waals surface area contributed by atoms with Crippen LogP contribution in [-0.4, -0.2) is 29.9 Å². The van der Waals surface area contributed by atoms with Gasteiger partial charge in [0.1, 0.15) is 6.61 Å². The first kappa shape index (κ1) is 14.9. The normalized spacial score (nSPS) is 16.0. The number of halogens is 1. The van der Waals surface area contributed by atoms with Crippen molar-refractivity contribution in [1.29, 1.82) is 0 Å². The lowest BCUT2D eigenvalue weighted by molar-refractivity contribution is -0.152. The molecule has 1 aromatic carbocycles.